The molecule has 0 nitrogen and oxygen atoms in total. The van der Waals surface area contributed by atoms with Gasteiger partial charge in [0.05, 0.1) is 0 Å². The summed E-state index contributed by atoms with van der Waals surface area (Å²) in [7, 11) is 0. The highest BCUT2D eigenvalue weighted by Crippen LogP contribution is 2.34. The zero-order chi connectivity index (χ0) is 15.5. The number of hydrogen-bond donors (Lipinski definition) is 0. The van der Waals surface area contributed by atoms with Crippen molar-refractivity contribution in [3.8, 4) is 35.8 Å². The van der Waals surface area contributed by atoms with Gasteiger partial charge >= 0.3 is 0 Å². The van der Waals surface area contributed by atoms with E-state index in [-0.39, 0.29) is 0 Å². The zero-order valence-corrected chi connectivity index (χ0v) is 12.6. The van der Waals surface area contributed by atoms with Crippen molar-refractivity contribution in [3.63, 3.8) is 0 Å². The second-order valence-corrected chi connectivity index (χ2v) is 5.34. The lowest BCUT2D eigenvalue weighted by Gasteiger charge is -2.15. The molecule has 0 spiro atoms. The van der Waals surface area contributed by atoms with Crippen LogP contribution in [-0.4, -0.2) is 0 Å². The minimum Gasteiger partial charge on any atom is -0.120 e. The molecular weight excluding hydrogens is 264 g/mol. The fourth-order valence-electron chi connectivity index (χ4n) is 3.03. The van der Waals surface area contributed by atoms with E-state index in [0.717, 1.165) is 16.7 Å². The van der Waals surface area contributed by atoms with E-state index in [1.807, 2.05) is 18.2 Å². The van der Waals surface area contributed by atoms with E-state index in [1.54, 1.807) is 0 Å². The molecule has 0 radical (unpaired) electrons. The molecule has 0 aliphatic heterocycles. The first-order valence-corrected chi connectivity index (χ1v) is 7.27. The van der Waals surface area contributed by atoms with Gasteiger partial charge in [-0.25, -0.2) is 0 Å². The van der Waals surface area contributed by atoms with Gasteiger partial charge in [0.25, 0.3) is 0 Å². The molecular formula is C22H16. The molecule has 0 N–H and O–H groups in total. The fourth-order valence-corrected chi connectivity index (χ4v) is 3.03. The fraction of sp³-hybridized carbons (Fsp3) is 0.0909. The molecule has 0 amide bonds. The molecule has 0 heterocycles. The van der Waals surface area contributed by atoms with Crippen LogP contribution in [0.25, 0.3) is 21.9 Å². The van der Waals surface area contributed by atoms with E-state index in [1.165, 1.54) is 21.9 Å². The molecule has 0 saturated heterocycles. The summed E-state index contributed by atoms with van der Waals surface area (Å²) in [5.41, 5.74) is 5.52. The molecule has 0 atom stereocenters. The molecule has 0 aliphatic rings. The molecule has 3 rings (SSSR count). The Morgan fingerprint density at radius 3 is 2.45 bits per heavy atom. The zero-order valence-electron chi connectivity index (χ0n) is 12.6. The van der Waals surface area contributed by atoms with Crippen LogP contribution in [0.3, 0.4) is 0 Å². The van der Waals surface area contributed by atoms with Crippen molar-refractivity contribution >= 4 is 10.8 Å². The van der Waals surface area contributed by atoms with Gasteiger partial charge in [-0.2, -0.15) is 0 Å². The van der Waals surface area contributed by atoms with E-state index >= 15 is 0 Å². The van der Waals surface area contributed by atoms with Crippen LogP contribution in [0, 0.1) is 31.6 Å². The van der Waals surface area contributed by atoms with Crippen LogP contribution in [0.1, 0.15) is 16.7 Å². The molecule has 0 saturated carbocycles. The monoisotopic (exact) mass is 280 g/mol. The van der Waals surface area contributed by atoms with Gasteiger partial charge in [-0.15, -0.1) is 18.8 Å². The third-order valence-electron chi connectivity index (χ3n) is 4.01. The standard InChI is InChI=1S/C22H16/c1-4-9-21-20(19-13-7-6-11-17(19)5-2)15-14-18-12-8-10-16(3)22(18)21/h1-2,6-8,10-15H,9H2,3H3. The van der Waals surface area contributed by atoms with E-state index < -0.39 is 0 Å². The highest BCUT2D eigenvalue weighted by Gasteiger charge is 2.12. The molecule has 0 aliphatic carbocycles. The topological polar surface area (TPSA) is 0 Å². The maximum atomic E-state index is 5.66. The summed E-state index contributed by atoms with van der Waals surface area (Å²) in [4.78, 5) is 0. The Balaban J connectivity index is 2.40. The van der Waals surface area contributed by atoms with E-state index in [2.05, 4.69) is 55.2 Å². The molecule has 3 aromatic carbocycles. The van der Waals surface area contributed by atoms with Crippen molar-refractivity contribution in [2.75, 3.05) is 0 Å². The minimum atomic E-state index is 0.594. The van der Waals surface area contributed by atoms with Gasteiger partial charge in [0.2, 0.25) is 0 Å². The summed E-state index contributed by atoms with van der Waals surface area (Å²) in [6.45, 7) is 2.12. The Hall–Kier alpha value is -2.96. The van der Waals surface area contributed by atoms with Gasteiger partial charge < -0.3 is 0 Å². The van der Waals surface area contributed by atoms with Crippen molar-refractivity contribution in [2.45, 2.75) is 13.3 Å². The Bertz CT molecular complexity index is 930. The summed E-state index contributed by atoms with van der Waals surface area (Å²) in [5, 5.41) is 2.46. The van der Waals surface area contributed by atoms with Crippen molar-refractivity contribution in [1.29, 1.82) is 0 Å². The molecule has 22 heavy (non-hydrogen) atoms. The lowest BCUT2D eigenvalue weighted by atomic mass is 9.89. The molecule has 0 unspecified atom stereocenters. The molecule has 0 bridgehead atoms. The SMILES string of the molecule is C#CCc1c(-c2ccccc2C#C)ccc2cccc(C)c12. The largest absolute Gasteiger partial charge is 0.120 e. The van der Waals surface area contributed by atoms with Gasteiger partial charge in [-0.3, -0.25) is 0 Å². The molecule has 104 valence electrons. The lowest BCUT2D eigenvalue weighted by molar-refractivity contribution is 1.34. The first-order valence-electron chi connectivity index (χ1n) is 7.27. The van der Waals surface area contributed by atoms with Gasteiger partial charge in [0.15, 0.2) is 0 Å². The summed E-state index contributed by atoms with van der Waals surface area (Å²) < 4.78 is 0. The first-order chi connectivity index (χ1) is 10.8. The molecule has 0 aromatic heterocycles. The molecule has 0 heteroatoms. The van der Waals surface area contributed by atoms with Crippen LogP contribution < -0.4 is 0 Å². The first kappa shape index (κ1) is 14.0. The molecule has 3 aromatic rings. The smallest absolute Gasteiger partial charge is 0.0350 e. The van der Waals surface area contributed by atoms with Crippen molar-refractivity contribution in [3.05, 3.63) is 71.3 Å². The third-order valence-corrected chi connectivity index (χ3v) is 4.01. The Morgan fingerprint density at radius 1 is 0.864 bits per heavy atom. The average molecular weight is 280 g/mol. The number of benzene rings is 3. The Labute approximate surface area is 131 Å². The summed E-state index contributed by atoms with van der Waals surface area (Å²) in [5.74, 6) is 5.57. The highest BCUT2D eigenvalue weighted by molar-refractivity contribution is 5.95. The second kappa shape index (κ2) is 5.80. The number of fused-ring (bicyclic) bond motifs is 1. The molecule has 0 fully saturated rings. The van der Waals surface area contributed by atoms with Crippen LogP contribution in [0.4, 0.5) is 0 Å². The maximum absolute atomic E-state index is 5.66. The predicted octanol–water partition coefficient (Wildman–Crippen LogP) is 4.97. The third kappa shape index (κ3) is 2.26. The van der Waals surface area contributed by atoms with E-state index in [4.69, 9.17) is 12.8 Å². The summed E-state index contributed by atoms with van der Waals surface area (Å²) in [6.07, 6.45) is 11.9. The number of aryl methyl sites for hydroxylation is 1. The van der Waals surface area contributed by atoms with Crippen molar-refractivity contribution in [2.24, 2.45) is 0 Å². The van der Waals surface area contributed by atoms with Crippen LogP contribution in [0.2, 0.25) is 0 Å². The van der Waals surface area contributed by atoms with Gasteiger partial charge in [-0.05, 0) is 46.0 Å². The van der Waals surface area contributed by atoms with Crippen LogP contribution in [0.15, 0.2) is 54.6 Å². The van der Waals surface area contributed by atoms with Crippen molar-refractivity contribution < 1.29 is 0 Å². The second-order valence-electron chi connectivity index (χ2n) is 5.34. The van der Waals surface area contributed by atoms with Crippen molar-refractivity contribution in [1.82, 2.24) is 0 Å². The van der Waals surface area contributed by atoms with Gasteiger partial charge in [0, 0.05) is 12.0 Å². The van der Waals surface area contributed by atoms with Gasteiger partial charge in [-0.1, -0.05) is 54.5 Å². The van der Waals surface area contributed by atoms with E-state index in [0.29, 0.717) is 6.42 Å². The number of terminal acetylenes is 2. The normalized spacial score (nSPS) is 10.1. The lowest BCUT2D eigenvalue weighted by Crippen LogP contribution is -1.95. The quantitative estimate of drug-likeness (QED) is 0.581. The predicted molar refractivity (Wildman–Crippen MR) is 94.6 cm³/mol. The Morgan fingerprint density at radius 2 is 1.68 bits per heavy atom. The minimum absolute atomic E-state index is 0.594. The highest BCUT2D eigenvalue weighted by atomic mass is 14.2. The summed E-state index contributed by atoms with van der Waals surface area (Å²) in [6, 6.07) is 18.6. The Kier molecular flexibility index (Phi) is 3.69. The maximum Gasteiger partial charge on any atom is 0.0350 e. The van der Waals surface area contributed by atoms with Crippen LogP contribution >= 0.6 is 0 Å². The van der Waals surface area contributed by atoms with Gasteiger partial charge in [0.1, 0.15) is 0 Å². The van der Waals surface area contributed by atoms with E-state index in [9.17, 15) is 0 Å². The number of hydrogen-bond acceptors (Lipinski definition) is 0. The number of rotatable bonds is 2. The summed E-state index contributed by atoms with van der Waals surface area (Å²) >= 11 is 0. The average Bonchev–Trinajstić information content (AvgIpc) is 2.55. The van der Waals surface area contributed by atoms with Crippen LogP contribution in [0.5, 0.6) is 0 Å². The van der Waals surface area contributed by atoms with Crippen LogP contribution in [-0.2, 0) is 6.42 Å².